The average Bonchev–Trinajstić information content (AvgIpc) is 2.89. The molecule has 1 fully saturated rings. The van der Waals surface area contributed by atoms with Crippen molar-refractivity contribution >= 4 is 0 Å². The van der Waals surface area contributed by atoms with E-state index in [4.69, 9.17) is 4.74 Å². The maximum absolute atomic E-state index is 5.31. The Bertz CT molecular complexity index is 219. The lowest BCUT2D eigenvalue weighted by atomic mass is 10.1. The summed E-state index contributed by atoms with van der Waals surface area (Å²) >= 11 is 0. The van der Waals surface area contributed by atoms with Crippen LogP contribution in [0.25, 0.3) is 0 Å². The highest BCUT2D eigenvalue weighted by Crippen LogP contribution is 2.27. The minimum absolute atomic E-state index is 0.727. The molecule has 0 aromatic carbocycles. The van der Waals surface area contributed by atoms with Crippen LogP contribution in [0.15, 0.2) is 0 Å². The predicted octanol–water partition coefficient (Wildman–Crippen LogP) is 3.04. The molecular formula is C16H34N2O. The van der Waals surface area contributed by atoms with Gasteiger partial charge < -0.3 is 10.1 Å². The number of nitrogens with one attached hydrogen (secondary N) is 1. The highest BCUT2D eigenvalue weighted by atomic mass is 16.5. The van der Waals surface area contributed by atoms with Crippen LogP contribution in [0.5, 0.6) is 0 Å². The van der Waals surface area contributed by atoms with E-state index in [0.717, 1.165) is 31.3 Å². The Kier molecular flexibility index (Phi) is 8.67. The summed E-state index contributed by atoms with van der Waals surface area (Å²) in [6.45, 7) is 9.99. The highest BCUT2D eigenvalue weighted by molar-refractivity contribution is 4.89. The molecule has 1 aliphatic rings. The summed E-state index contributed by atoms with van der Waals surface area (Å²) in [5.74, 6) is 0. The molecule has 1 saturated carbocycles. The topological polar surface area (TPSA) is 24.5 Å². The lowest BCUT2D eigenvalue weighted by molar-refractivity contribution is 0.0804. The zero-order valence-electron chi connectivity index (χ0n) is 13.5. The maximum atomic E-state index is 5.31. The summed E-state index contributed by atoms with van der Waals surface area (Å²) in [5.41, 5.74) is 0. The normalized spacial score (nSPS) is 23.7. The fourth-order valence-electron chi connectivity index (χ4n) is 3.41. The Balaban J connectivity index is 2.50. The van der Waals surface area contributed by atoms with E-state index in [0.29, 0.717) is 0 Å². The van der Waals surface area contributed by atoms with E-state index in [-0.39, 0.29) is 0 Å². The van der Waals surface area contributed by atoms with Gasteiger partial charge in [0, 0.05) is 31.8 Å². The number of nitrogens with zero attached hydrogens (tertiary/aromatic N) is 1. The SMILES string of the molecule is CCCNC1CCC(N(CCOC)C(CC)CC)C1. The summed E-state index contributed by atoms with van der Waals surface area (Å²) in [4.78, 5) is 2.72. The van der Waals surface area contributed by atoms with Crippen molar-refractivity contribution in [3.63, 3.8) is 0 Å². The van der Waals surface area contributed by atoms with Crippen molar-refractivity contribution in [3.8, 4) is 0 Å². The van der Waals surface area contributed by atoms with Crippen molar-refractivity contribution in [1.82, 2.24) is 10.2 Å². The monoisotopic (exact) mass is 270 g/mol. The zero-order chi connectivity index (χ0) is 14.1. The van der Waals surface area contributed by atoms with Crippen molar-refractivity contribution in [2.45, 2.75) is 77.4 Å². The molecule has 2 atom stereocenters. The van der Waals surface area contributed by atoms with Crippen molar-refractivity contribution in [2.24, 2.45) is 0 Å². The molecule has 0 radical (unpaired) electrons. The molecule has 2 unspecified atom stereocenters. The largest absolute Gasteiger partial charge is 0.383 e. The van der Waals surface area contributed by atoms with E-state index < -0.39 is 0 Å². The minimum Gasteiger partial charge on any atom is -0.383 e. The zero-order valence-corrected chi connectivity index (χ0v) is 13.5. The van der Waals surface area contributed by atoms with E-state index in [9.17, 15) is 0 Å². The summed E-state index contributed by atoms with van der Waals surface area (Å²) in [7, 11) is 1.81. The Hall–Kier alpha value is -0.120. The third-order valence-electron chi connectivity index (χ3n) is 4.52. The quantitative estimate of drug-likeness (QED) is 0.660. The smallest absolute Gasteiger partial charge is 0.0589 e. The van der Waals surface area contributed by atoms with Gasteiger partial charge in [-0.2, -0.15) is 0 Å². The van der Waals surface area contributed by atoms with E-state index in [1.807, 2.05) is 7.11 Å². The standard InChI is InChI=1S/C16H34N2O/c1-5-10-17-14-8-9-16(13-14)18(11-12-19-4)15(6-2)7-3/h14-17H,5-13H2,1-4H3. The molecule has 0 aliphatic heterocycles. The van der Waals surface area contributed by atoms with Crippen LogP contribution in [-0.2, 0) is 4.74 Å². The predicted molar refractivity (Wildman–Crippen MR) is 82.7 cm³/mol. The molecule has 0 spiro atoms. The molecule has 1 rings (SSSR count). The van der Waals surface area contributed by atoms with Crippen molar-refractivity contribution in [2.75, 3.05) is 26.8 Å². The van der Waals surface area contributed by atoms with Gasteiger partial charge in [0.2, 0.25) is 0 Å². The second-order valence-corrected chi connectivity index (χ2v) is 5.82. The molecule has 19 heavy (non-hydrogen) atoms. The summed E-state index contributed by atoms with van der Waals surface area (Å²) in [6.07, 6.45) is 7.75. The third kappa shape index (κ3) is 5.41. The van der Waals surface area contributed by atoms with E-state index in [1.54, 1.807) is 0 Å². The van der Waals surface area contributed by atoms with E-state index >= 15 is 0 Å². The second-order valence-electron chi connectivity index (χ2n) is 5.82. The molecule has 0 heterocycles. The molecular weight excluding hydrogens is 236 g/mol. The van der Waals surface area contributed by atoms with Crippen LogP contribution < -0.4 is 5.32 Å². The van der Waals surface area contributed by atoms with Gasteiger partial charge in [0.25, 0.3) is 0 Å². The van der Waals surface area contributed by atoms with E-state index in [2.05, 4.69) is 31.0 Å². The first-order chi connectivity index (χ1) is 9.26. The molecule has 1 aliphatic carbocycles. The van der Waals surface area contributed by atoms with Gasteiger partial charge in [-0.25, -0.2) is 0 Å². The Morgan fingerprint density at radius 1 is 1.21 bits per heavy atom. The van der Waals surface area contributed by atoms with Gasteiger partial charge in [-0.3, -0.25) is 4.90 Å². The molecule has 3 heteroatoms. The molecule has 114 valence electrons. The van der Waals surface area contributed by atoms with Crippen LogP contribution in [0.4, 0.5) is 0 Å². The molecule has 0 saturated heterocycles. The second kappa shape index (κ2) is 9.73. The summed E-state index contributed by atoms with van der Waals surface area (Å²) in [5, 5.41) is 3.69. The third-order valence-corrected chi connectivity index (χ3v) is 4.52. The molecule has 0 bridgehead atoms. The maximum Gasteiger partial charge on any atom is 0.0589 e. The van der Waals surface area contributed by atoms with Crippen LogP contribution in [0, 0.1) is 0 Å². The van der Waals surface area contributed by atoms with Crippen LogP contribution in [0.1, 0.15) is 59.3 Å². The Morgan fingerprint density at radius 2 is 1.95 bits per heavy atom. The molecule has 3 nitrogen and oxygen atoms in total. The Morgan fingerprint density at radius 3 is 2.53 bits per heavy atom. The van der Waals surface area contributed by atoms with Gasteiger partial charge >= 0.3 is 0 Å². The summed E-state index contributed by atoms with van der Waals surface area (Å²) in [6, 6.07) is 2.23. The number of hydrogen-bond acceptors (Lipinski definition) is 3. The number of methoxy groups -OCH3 is 1. The minimum atomic E-state index is 0.727. The fourth-order valence-corrected chi connectivity index (χ4v) is 3.41. The Labute approximate surface area is 120 Å². The number of ether oxygens (including phenoxy) is 1. The lowest BCUT2D eigenvalue weighted by Gasteiger charge is -2.35. The first-order valence-corrected chi connectivity index (χ1v) is 8.24. The molecule has 0 amide bonds. The molecule has 1 N–H and O–H groups in total. The van der Waals surface area contributed by atoms with Gasteiger partial charge in [-0.05, 0) is 45.1 Å². The first kappa shape index (κ1) is 16.9. The van der Waals surface area contributed by atoms with E-state index in [1.165, 1.54) is 45.1 Å². The molecule has 0 aromatic rings. The van der Waals surface area contributed by atoms with Crippen molar-refractivity contribution < 1.29 is 4.74 Å². The summed E-state index contributed by atoms with van der Waals surface area (Å²) < 4.78 is 5.31. The highest BCUT2D eigenvalue weighted by Gasteiger charge is 2.31. The van der Waals surface area contributed by atoms with Gasteiger partial charge in [-0.1, -0.05) is 20.8 Å². The van der Waals surface area contributed by atoms with Gasteiger partial charge in [0.15, 0.2) is 0 Å². The van der Waals surface area contributed by atoms with Gasteiger partial charge in [-0.15, -0.1) is 0 Å². The van der Waals surface area contributed by atoms with Crippen LogP contribution in [-0.4, -0.2) is 49.8 Å². The first-order valence-electron chi connectivity index (χ1n) is 8.24. The van der Waals surface area contributed by atoms with Crippen LogP contribution in [0.2, 0.25) is 0 Å². The van der Waals surface area contributed by atoms with Crippen molar-refractivity contribution in [3.05, 3.63) is 0 Å². The van der Waals surface area contributed by atoms with Crippen molar-refractivity contribution in [1.29, 1.82) is 0 Å². The molecule has 0 aromatic heterocycles. The fraction of sp³-hybridized carbons (Fsp3) is 1.00. The van der Waals surface area contributed by atoms with Crippen LogP contribution in [0.3, 0.4) is 0 Å². The number of hydrogen-bond donors (Lipinski definition) is 1. The number of rotatable bonds is 10. The van der Waals surface area contributed by atoms with Gasteiger partial charge in [0.1, 0.15) is 0 Å². The lowest BCUT2D eigenvalue weighted by Crippen LogP contribution is -2.44. The van der Waals surface area contributed by atoms with Crippen LogP contribution >= 0.6 is 0 Å². The van der Waals surface area contributed by atoms with Gasteiger partial charge in [0.05, 0.1) is 6.61 Å². The average molecular weight is 270 g/mol.